The van der Waals surface area contributed by atoms with Gasteiger partial charge in [0.1, 0.15) is 5.01 Å². The van der Waals surface area contributed by atoms with Crippen molar-refractivity contribution in [2.75, 3.05) is 19.6 Å². The van der Waals surface area contributed by atoms with Crippen LogP contribution in [0.5, 0.6) is 0 Å². The molecule has 1 atom stereocenters. The maximum absolute atomic E-state index is 12.2. The molecule has 0 aliphatic carbocycles. The highest BCUT2D eigenvalue weighted by Crippen LogP contribution is 2.36. The number of nitrogens with one attached hydrogen (secondary N) is 2. The van der Waals surface area contributed by atoms with E-state index in [9.17, 15) is 9.59 Å². The van der Waals surface area contributed by atoms with E-state index in [1.807, 2.05) is 32.0 Å². The lowest BCUT2D eigenvalue weighted by Gasteiger charge is -2.21. The van der Waals surface area contributed by atoms with E-state index in [1.54, 1.807) is 11.3 Å². The van der Waals surface area contributed by atoms with Gasteiger partial charge in [-0.15, -0.1) is 11.3 Å². The zero-order valence-corrected chi connectivity index (χ0v) is 15.4. The first kappa shape index (κ1) is 17.8. The van der Waals surface area contributed by atoms with Gasteiger partial charge in [-0.25, -0.2) is 9.78 Å². The number of hydrogen-bond donors (Lipinski definition) is 2. The van der Waals surface area contributed by atoms with Crippen molar-refractivity contribution in [2.45, 2.75) is 32.7 Å². The minimum Gasteiger partial charge on any atom is -0.338 e. The van der Waals surface area contributed by atoms with Crippen LogP contribution in [-0.4, -0.2) is 41.5 Å². The van der Waals surface area contributed by atoms with Crippen molar-refractivity contribution in [3.8, 4) is 0 Å². The summed E-state index contributed by atoms with van der Waals surface area (Å²) in [6.07, 6.45) is 2.03. The van der Waals surface area contributed by atoms with Crippen LogP contribution in [0.4, 0.5) is 4.79 Å². The molecule has 1 aromatic carbocycles. The van der Waals surface area contributed by atoms with Gasteiger partial charge in [-0.2, -0.15) is 0 Å². The fraction of sp³-hybridized carbons (Fsp3) is 0.500. The predicted octanol–water partition coefficient (Wildman–Crippen LogP) is 2.92. The van der Waals surface area contributed by atoms with Gasteiger partial charge in [0.25, 0.3) is 0 Å². The summed E-state index contributed by atoms with van der Waals surface area (Å²) in [5, 5.41) is 6.16. The Hall–Kier alpha value is -1.99. The summed E-state index contributed by atoms with van der Waals surface area (Å²) >= 11 is 1.69. The first-order valence-electron chi connectivity index (χ1n) is 8.70. The second-order valence-corrected chi connectivity index (χ2v) is 7.86. The smallest absolute Gasteiger partial charge is 0.321 e. The van der Waals surface area contributed by atoms with Gasteiger partial charge in [0.15, 0.2) is 0 Å². The summed E-state index contributed by atoms with van der Waals surface area (Å²) in [7, 11) is 0. The van der Waals surface area contributed by atoms with Crippen LogP contribution in [0.1, 0.15) is 37.7 Å². The molecule has 1 fully saturated rings. The second-order valence-electron chi connectivity index (χ2n) is 6.80. The number of urea groups is 1. The lowest BCUT2D eigenvalue weighted by molar-refractivity contribution is -0.121. The number of para-hydroxylation sites is 1. The Bertz CT molecular complexity index is 725. The van der Waals surface area contributed by atoms with Crippen molar-refractivity contribution in [2.24, 2.45) is 5.92 Å². The predicted molar refractivity (Wildman–Crippen MR) is 99.5 cm³/mol. The number of carbonyl (C=O) groups excluding carboxylic acids is 2. The topological polar surface area (TPSA) is 74.3 Å². The molecule has 3 amide bonds. The van der Waals surface area contributed by atoms with Gasteiger partial charge >= 0.3 is 6.03 Å². The SMILES string of the molecule is CC(C)CNC(=O)NC(=O)CN1CCCC1c1nc2ccccc2s1. The molecule has 0 bridgehead atoms. The number of thiazole rings is 1. The van der Waals surface area contributed by atoms with Crippen molar-refractivity contribution in [1.29, 1.82) is 0 Å². The van der Waals surface area contributed by atoms with E-state index in [0.29, 0.717) is 12.5 Å². The summed E-state index contributed by atoms with van der Waals surface area (Å²) in [5.41, 5.74) is 1.01. The first-order chi connectivity index (χ1) is 12.0. The number of benzene rings is 1. The van der Waals surface area contributed by atoms with Crippen LogP contribution in [0.3, 0.4) is 0 Å². The molecule has 1 aliphatic rings. The molecular formula is C18H24N4O2S. The molecule has 0 spiro atoms. The summed E-state index contributed by atoms with van der Waals surface area (Å²) in [6.45, 7) is 5.64. The number of rotatable bonds is 5. The Kier molecular flexibility index (Phi) is 5.65. The first-order valence-corrected chi connectivity index (χ1v) is 9.52. The van der Waals surface area contributed by atoms with Crippen molar-refractivity contribution in [3.63, 3.8) is 0 Å². The molecule has 1 aromatic heterocycles. The molecule has 2 aromatic rings. The van der Waals surface area contributed by atoms with E-state index in [4.69, 9.17) is 4.98 Å². The number of carbonyl (C=O) groups is 2. The van der Waals surface area contributed by atoms with Gasteiger partial charge in [0, 0.05) is 6.54 Å². The fourth-order valence-electron chi connectivity index (χ4n) is 3.02. The number of imide groups is 1. The van der Waals surface area contributed by atoms with Crippen LogP contribution >= 0.6 is 11.3 Å². The van der Waals surface area contributed by atoms with Gasteiger partial charge in [0.05, 0.1) is 22.8 Å². The second kappa shape index (κ2) is 7.93. The summed E-state index contributed by atoms with van der Waals surface area (Å²) in [6, 6.07) is 7.82. The third kappa shape index (κ3) is 4.55. The average molecular weight is 360 g/mol. The van der Waals surface area contributed by atoms with Gasteiger partial charge in [-0.05, 0) is 37.4 Å². The number of amides is 3. The number of hydrogen-bond acceptors (Lipinski definition) is 5. The highest BCUT2D eigenvalue weighted by Gasteiger charge is 2.30. The zero-order chi connectivity index (χ0) is 17.8. The molecule has 1 unspecified atom stereocenters. The molecule has 1 saturated heterocycles. The van der Waals surface area contributed by atoms with Crippen LogP contribution in [0.25, 0.3) is 10.2 Å². The molecule has 134 valence electrons. The molecule has 6 nitrogen and oxygen atoms in total. The van der Waals surface area contributed by atoms with Gasteiger partial charge in [-0.3, -0.25) is 15.0 Å². The van der Waals surface area contributed by atoms with Crippen molar-refractivity contribution >= 4 is 33.5 Å². The third-order valence-electron chi connectivity index (χ3n) is 4.23. The maximum atomic E-state index is 12.2. The highest BCUT2D eigenvalue weighted by atomic mass is 32.1. The molecular weight excluding hydrogens is 336 g/mol. The Balaban J connectivity index is 1.59. The molecule has 3 rings (SSSR count). The largest absolute Gasteiger partial charge is 0.338 e. The molecule has 25 heavy (non-hydrogen) atoms. The molecule has 0 radical (unpaired) electrons. The fourth-order valence-corrected chi connectivity index (χ4v) is 4.16. The normalized spacial score (nSPS) is 18.0. The highest BCUT2D eigenvalue weighted by molar-refractivity contribution is 7.18. The Morgan fingerprint density at radius 3 is 2.92 bits per heavy atom. The number of fused-ring (bicyclic) bond motifs is 1. The molecule has 0 saturated carbocycles. The summed E-state index contributed by atoms with van der Waals surface area (Å²) in [4.78, 5) is 30.7. The van der Waals surface area contributed by atoms with Gasteiger partial charge in [0.2, 0.25) is 5.91 Å². The van der Waals surface area contributed by atoms with E-state index in [0.717, 1.165) is 29.9 Å². The van der Waals surface area contributed by atoms with Crippen LogP contribution in [0.15, 0.2) is 24.3 Å². The number of likely N-dealkylation sites (tertiary alicyclic amines) is 1. The van der Waals surface area contributed by atoms with Crippen LogP contribution in [-0.2, 0) is 4.79 Å². The van der Waals surface area contributed by atoms with Crippen LogP contribution in [0.2, 0.25) is 0 Å². The summed E-state index contributed by atoms with van der Waals surface area (Å²) < 4.78 is 1.17. The maximum Gasteiger partial charge on any atom is 0.321 e. The van der Waals surface area contributed by atoms with Gasteiger partial charge in [-0.1, -0.05) is 26.0 Å². The third-order valence-corrected chi connectivity index (χ3v) is 5.37. The lowest BCUT2D eigenvalue weighted by atomic mass is 10.2. The lowest BCUT2D eigenvalue weighted by Crippen LogP contribution is -2.45. The van der Waals surface area contributed by atoms with Crippen molar-refractivity contribution < 1.29 is 9.59 Å². The van der Waals surface area contributed by atoms with Gasteiger partial charge < -0.3 is 5.32 Å². The zero-order valence-electron chi connectivity index (χ0n) is 14.6. The standard InChI is InChI=1S/C18H24N4O2S/c1-12(2)10-19-18(24)21-16(23)11-22-9-5-7-14(22)17-20-13-6-3-4-8-15(13)25-17/h3-4,6,8,12,14H,5,7,9-11H2,1-2H3,(H2,19,21,23,24). The van der Waals surface area contributed by atoms with Crippen LogP contribution < -0.4 is 10.6 Å². The summed E-state index contributed by atoms with van der Waals surface area (Å²) in [5.74, 6) is 0.0807. The van der Waals surface area contributed by atoms with E-state index in [-0.39, 0.29) is 18.5 Å². The molecule has 2 N–H and O–H groups in total. The van der Waals surface area contributed by atoms with Crippen molar-refractivity contribution in [3.05, 3.63) is 29.3 Å². The minimum absolute atomic E-state index is 0.155. The van der Waals surface area contributed by atoms with E-state index >= 15 is 0 Å². The number of nitrogens with zero attached hydrogens (tertiary/aromatic N) is 2. The average Bonchev–Trinajstić information content (AvgIpc) is 3.18. The Morgan fingerprint density at radius 2 is 2.16 bits per heavy atom. The van der Waals surface area contributed by atoms with Crippen LogP contribution in [0, 0.1) is 5.92 Å². The monoisotopic (exact) mass is 360 g/mol. The van der Waals surface area contributed by atoms with Crippen molar-refractivity contribution in [1.82, 2.24) is 20.5 Å². The molecule has 1 aliphatic heterocycles. The van der Waals surface area contributed by atoms with E-state index < -0.39 is 6.03 Å². The quantitative estimate of drug-likeness (QED) is 0.860. The Labute approximate surface area is 151 Å². The Morgan fingerprint density at radius 1 is 1.36 bits per heavy atom. The molecule has 2 heterocycles. The molecule has 7 heteroatoms. The number of aromatic nitrogens is 1. The minimum atomic E-state index is -0.422. The van der Waals surface area contributed by atoms with E-state index in [2.05, 4.69) is 21.6 Å². The van der Waals surface area contributed by atoms with E-state index in [1.165, 1.54) is 4.70 Å².